The Morgan fingerprint density at radius 2 is 2.45 bits per heavy atom. The number of hydrogen-bond acceptors (Lipinski definition) is 5. The lowest BCUT2D eigenvalue weighted by atomic mass is 10.0. The fraction of sp³-hybridized carbons (Fsp3) is 0.733. The molecule has 0 aromatic carbocycles. The Morgan fingerprint density at radius 3 is 3.18 bits per heavy atom. The van der Waals surface area contributed by atoms with Crippen molar-refractivity contribution in [1.82, 2.24) is 19.8 Å². The Kier molecular flexibility index (Phi) is 4.75. The van der Waals surface area contributed by atoms with Gasteiger partial charge in [0.2, 0.25) is 0 Å². The molecule has 2 aliphatic rings. The molecular weight excluding hydrogens is 284 g/mol. The maximum absolute atomic E-state index is 12.4. The molecular formula is C15H24N4O3. The van der Waals surface area contributed by atoms with Crippen LogP contribution in [0.25, 0.3) is 0 Å². The summed E-state index contributed by atoms with van der Waals surface area (Å²) < 4.78 is 12.9. The van der Waals surface area contributed by atoms with E-state index in [9.17, 15) is 4.79 Å². The van der Waals surface area contributed by atoms with Crippen LogP contribution in [0, 0.1) is 0 Å². The summed E-state index contributed by atoms with van der Waals surface area (Å²) >= 11 is 0. The third-order valence-corrected chi connectivity index (χ3v) is 4.55. The highest BCUT2D eigenvalue weighted by atomic mass is 16.5. The number of ether oxygens (including phenoxy) is 2. The van der Waals surface area contributed by atoms with E-state index < -0.39 is 0 Å². The first kappa shape index (κ1) is 15.5. The van der Waals surface area contributed by atoms with Gasteiger partial charge >= 0.3 is 0 Å². The van der Waals surface area contributed by atoms with E-state index in [2.05, 4.69) is 15.2 Å². The average Bonchev–Trinajstić information content (AvgIpc) is 3.10. The van der Waals surface area contributed by atoms with Crippen LogP contribution in [0.3, 0.4) is 0 Å². The van der Waals surface area contributed by atoms with Gasteiger partial charge in [-0.2, -0.15) is 0 Å². The zero-order valence-electron chi connectivity index (χ0n) is 13.2. The lowest BCUT2D eigenvalue weighted by Crippen LogP contribution is -2.48. The Bertz CT molecular complexity index is 519. The van der Waals surface area contributed by atoms with E-state index in [-0.39, 0.29) is 18.1 Å². The second kappa shape index (κ2) is 6.76. The molecule has 0 saturated carbocycles. The maximum Gasteiger partial charge on any atom is 0.287 e. The number of imidazole rings is 1. The Labute approximate surface area is 130 Å². The third kappa shape index (κ3) is 3.02. The normalized spacial score (nSPS) is 28.5. The number of aromatic nitrogens is 2. The molecule has 0 unspecified atom stereocenters. The zero-order valence-corrected chi connectivity index (χ0v) is 13.2. The van der Waals surface area contributed by atoms with Crippen LogP contribution >= 0.6 is 0 Å². The molecule has 1 aromatic heterocycles. The van der Waals surface area contributed by atoms with Crippen molar-refractivity contribution in [2.24, 2.45) is 7.05 Å². The van der Waals surface area contributed by atoms with Crippen LogP contribution in [0.15, 0.2) is 12.4 Å². The summed E-state index contributed by atoms with van der Waals surface area (Å²) in [4.78, 5) is 18.9. The van der Waals surface area contributed by atoms with Crippen LogP contribution in [0.4, 0.5) is 0 Å². The maximum atomic E-state index is 12.4. The number of likely N-dealkylation sites (tertiary alicyclic amines) is 1. The van der Waals surface area contributed by atoms with Crippen LogP contribution in [0.5, 0.6) is 0 Å². The zero-order chi connectivity index (χ0) is 15.5. The molecule has 0 radical (unpaired) electrons. The minimum atomic E-state index is -0.140. The lowest BCUT2D eigenvalue weighted by Gasteiger charge is -2.32. The molecule has 0 bridgehead atoms. The number of hydrogen-bond donors (Lipinski definition) is 1. The molecule has 7 nitrogen and oxygen atoms in total. The number of nitrogens with zero attached hydrogens (tertiary/aromatic N) is 3. The molecule has 7 heteroatoms. The van der Waals surface area contributed by atoms with Gasteiger partial charge in [-0.3, -0.25) is 9.69 Å². The van der Waals surface area contributed by atoms with Crippen molar-refractivity contribution in [1.29, 1.82) is 0 Å². The van der Waals surface area contributed by atoms with Gasteiger partial charge in [-0.1, -0.05) is 0 Å². The number of nitrogens with one attached hydrogen (secondary N) is 1. The van der Waals surface area contributed by atoms with Crippen molar-refractivity contribution in [3.8, 4) is 0 Å². The number of carbonyl (C=O) groups excluding carboxylic acids is 1. The molecule has 2 aliphatic heterocycles. The van der Waals surface area contributed by atoms with Crippen molar-refractivity contribution in [2.75, 3.05) is 33.4 Å². The smallest absolute Gasteiger partial charge is 0.287 e. The Hall–Kier alpha value is -1.44. The molecule has 2 saturated heterocycles. The highest BCUT2D eigenvalue weighted by molar-refractivity contribution is 5.91. The summed E-state index contributed by atoms with van der Waals surface area (Å²) in [6.45, 7) is 3.14. The second-order valence-corrected chi connectivity index (χ2v) is 5.97. The monoisotopic (exact) mass is 308 g/mol. The van der Waals surface area contributed by atoms with Crippen LogP contribution in [0.1, 0.15) is 23.5 Å². The highest BCUT2D eigenvalue weighted by Crippen LogP contribution is 2.28. The van der Waals surface area contributed by atoms with Crippen LogP contribution in [0.2, 0.25) is 0 Å². The third-order valence-electron chi connectivity index (χ3n) is 4.55. The van der Waals surface area contributed by atoms with E-state index in [4.69, 9.17) is 9.47 Å². The van der Waals surface area contributed by atoms with E-state index >= 15 is 0 Å². The molecule has 1 N–H and O–H groups in total. The number of carbonyl (C=O) groups is 1. The SMILES string of the molecule is COCCN1C[C@@H](NC(=O)c2nccn2C)[C@@H]2OCCC[C@@H]21. The van der Waals surface area contributed by atoms with Gasteiger partial charge < -0.3 is 19.4 Å². The minimum Gasteiger partial charge on any atom is -0.383 e. The molecule has 0 spiro atoms. The summed E-state index contributed by atoms with van der Waals surface area (Å²) in [5, 5.41) is 3.10. The van der Waals surface area contributed by atoms with Crippen LogP contribution < -0.4 is 5.32 Å². The first-order valence-electron chi connectivity index (χ1n) is 7.83. The van der Waals surface area contributed by atoms with E-state index in [1.54, 1.807) is 24.1 Å². The standard InChI is InChI=1S/C15H24N4O3/c1-18-6-5-16-14(18)15(20)17-11-10-19(7-9-21-2)12-4-3-8-22-13(11)12/h5-6,11-13H,3-4,7-10H2,1-2H3,(H,17,20)/t11-,12+,13+/m1/s1. The van der Waals surface area contributed by atoms with Gasteiger partial charge in [0.1, 0.15) is 0 Å². The quantitative estimate of drug-likeness (QED) is 0.831. The van der Waals surface area contributed by atoms with Gasteiger partial charge in [-0.25, -0.2) is 4.98 Å². The Morgan fingerprint density at radius 1 is 1.59 bits per heavy atom. The highest BCUT2D eigenvalue weighted by Gasteiger charge is 2.44. The number of aryl methyl sites for hydroxylation is 1. The van der Waals surface area contributed by atoms with E-state index in [1.807, 2.05) is 7.05 Å². The van der Waals surface area contributed by atoms with Crippen molar-refractivity contribution in [3.05, 3.63) is 18.2 Å². The molecule has 3 atom stereocenters. The molecule has 1 amide bonds. The first-order chi connectivity index (χ1) is 10.7. The van der Waals surface area contributed by atoms with Gasteiger partial charge in [-0.05, 0) is 12.8 Å². The van der Waals surface area contributed by atoms with Crippen molar-refractivity contribution in [3.63, 3.8) is 0 Å². The molecule has 22 heavy (non-hydrogen) atoms. The lowest BCUT2D eigenvalue weighted by molar-refractivity contribution is -0.0225. The average molecular weight is 308 g/mol. The number of rotatable bonds is 5. The summed E-state index contributed by atoms with van der Waals surface area (Å²) in [6.07, 6.45) is 5.66. The molecule has 122 valence electrons. The van der Waals surface area contributed by atoms with Gasteiger partial charge in [0.25, 0.3) is 5.91 Å². The van der Waals surface area contributed by atoms with Gasteiger partial charge in [0, 0.05) is 52.3 Å². The van der Waals surface area contributed by atoms with Gasteiger partial charge in [0.15, 0.2) is 5.82 Å². The molecule has 1 aromatic rings. The minimum absolute atomic E-state index is 0.00589. The fourth-order valence-electron chi connectivity index (χ4n) is 3.46. The van der Waals surface area contributed by atoms with Crippen molar-refractivity contribution < 1.29 is 14.3 Å². The molecule has 3 rings (SSSR count). The summed E-state index contributed by atoms with van der Waals surface area (Å²) in [6, 6.07) is 0.377. The fourth-order valence-corrected chi connectivity index (χ4v) is 3.46. The van der Waals surface area contributed by atoms with Crippen molar-refractivity contribution in [2.45, 2.75) is 31.0 Å². The van der Waals surface area contributed by atoms with Crippen LogP contribution in [-0.2, 0) is 16.5 Å². The topological polar surface area (TPSA) is 68.6 Å². The number of methoxy groups -OCH3 is 1. The largest absolute Gasteiger partial charge is 0.383 e. The van der Waals surface area contributed by atoms with E-state index in [0.717, 1.165) is 32.5 Å². The molecule has 2 fully saturated rings. The van der Waals surface area contributed by atoms with E-state index in [1.165, 1.54) is 0 Å². The predicted octanol–water partition coefficient (Wildman–Crippen LogP) is 0.0281. The van der Waals surface area contributed by atoms with E-state index in [0.29, 0.717) is 18.5 Å². The molecule has 3 heterocycles. The Balaban J connectivity index is 1.67. The second-order valence-electron chi connectivity index (χ2n) is 5.97. The van der Waals surface area contributed by atoms with Gasteiger partial charge in [-0.15, -0.1) is 0 Å². The number of fused-ring (bicyclic) bond motifs is 1. The first-order valence-corrected chi connectivity index (χ1v) is 7.83. The van der Waals surface area contributed by atoms with Crippen LogP contribution in [-0.4, -0.2) is 72.0 Å². The van der Waals surface area contributed by atoms with Crippen molar-refractivity contribution >= 4 is 5.91 Å². The summed E-state index contributed by atoms with van der Waals surface area (Å²) in [5.74, 6) is 0.293. The van der Waals surface area contributed by atoms with Gasteiger partial charge in [0.05, 0.1) is 18.8 Å². The summed E-state index contributed by atoms with van der Waals surface area (Å²) in [7, 11) is 3.53. The summed E-state index contributed by atoms with van der Waals surface area (Å²) in [5.41, 5.74) is 0. The predicted molar refractivity (Wildman–Crippen MR) is 80.7 cm³/mol. The number of amides is 1. The molecule has 0 aliphatic carbocycles.